The number of piperidine rings is 1. The second kappa shape index (κ2) is 6.85. The minimum Gasteiger partial charge on any atom is -0.350 e. The van der Waals surface area contributed by atoms with E-state index in [2.05, 4.69) is 53.1 Å². The molecule has 6 rings (SSSR count). The number of rotatable bonds is 4. The van der Waals surface area contributed by atoms with E-state index in [1.807, 2.05) is 17.9 Å². The zero-order chi connectivity index (χ0) is 19.2. The summed E-state index contributed by atoms with van der Waals surface area (Å²) >= 11 is 1.60. The van der Waals surface area contributed by atoms with Crippen LogP contribution in [0, 0.1) is 0 Å². The summed E-state index contributed by atoms with van der Waals surface area (Å²) in [4.78, 5) is 9.11. The lowest BCUT2D eigenvalue weighted by atomic mass is 10.0. The molecule has 1 unspecified atom stereocenters. The maximum atomic E-state index is 4.57. The number of nitrogens with zero attached hydrogens (tertiary/aromatic N) is 5. The van der Waals surface area contributed by atoms with Gasteiger partial charge in [0.1, 0.15) is 5.69 Å². The zero-order valence-electron chi connectivity index (χ0n) is 15.7. The quantitative estimate of drug-likeness (QED) is 0.480. The van der Waals surface area contributed by atoms with Gasteiger partial charge in [-0.15, -0.1) is 21.5 Å². The van der Waals surface area contributed by atoms with Crippen molar-refractivity contribution in [2.24, 2.45) is 0 Å². The predicted octanol–water partition coefficient (Wildman–Crippen LogP) is 3.23. The number of fused-ring (bicyclic) bond motifs is 3. The molecular formula is C20H20N8S. The Morgan fingerprint density at radius 3 is 2.62 bits per heavy atom. The van der Waals surface area contributed by atoms with Gasteiger partial charge in [0.05, 0.1) is 28.1 Å². The van der Waals surface area contributed by atoms with E-state index in [0.717, 1.165) is 45.4 Å². The van der Waals surface area contributed by atoms with Crippen molar-refractivity contribution in [1.82, 2.24) is 35.7 Å². The standard InChI is InChI=1S/C20H20N8S/c1-2-13-6-14(5-12(1)25-13)26-20-21-9-17(27-28-20)16-4-3-15(11-7-23-24-8-11)18-19(16)29-10-22-18/h3-4,7-10,12-14,25H,1-2,5-6H2,(H,23,24)(H,21,26,28)/t12-,13+,14?. The summed E-state index contributed by atoms with van der Waals surface area (Å²) in [6.45, 7) is 0. The molecule has 9 heteroatoms. The maximum Gasteiger partial charge on any atom is 0.242 e. The smallest absolute Gasteiger partial charge is 0.242 e. The molecule has 2 aliphatic rings. The fourth-order valence-corrected chi connectivity index (χ4v) is 5.44. The molecule has 29 heavy (non-hydrogen) atoms. The molecule has 3 atom stereocenters. The van der Waals surface area contributed by atoms with Gasteiger partial charge in [-0.25, -0.2) is 9.97 Å². The summed E-state index contributed by atoms with van der Waals surface area (Å²) < 4.78 is 1.08. The van der Waals surface area contributed by atoms with Crippen molar-refractivity contribution in [2.75, 3.05) is 5.32 Å². The molecule has 8 nitrogen and oxygen atoms in total. The zero-order valence-corrected chi connectivity index (χ0v) is 16.5. The van der Waals surface area contributed by atoms with Gasteiger partial charge in [-0.3, -0.25) is 5.10 Å². The van der Waals surface area contributed by atoms with Crippen molar-refractivity contribution in [1.29, 1.82) is 0 Å². The van der Waals surface area contributed by atoms with Gasteiger partial charge in [0.2, 0.25) is 5.95 Å². The monoisotopic (exact) mass is 404 g/mol. The Kier molecular flexibility index (Phi) is 4.02. The first-order valence-corrected chi connectivity index (χ1v) is 10.8. The van der Waals surface area contributed by atoms with Gasteiger partial charge in [-0.05, 0) is 25.7 Å². The minimum atomic E-state index is 0.420. The number of aromatic nitrogens is 6. The number of anilines is 1. The molecule has 5 heterocycles. The summed E-state index contributed by atoms with van der Waals surface area (Å²) in [6, 6.07) is 5.80. The molecule has 2 fully saturated rings. The normalized spacial score (nSPS) is 23.5. The molecule has 0 saturated carbocycles. The van der Waals surface area contributed by atoms with E-state index in [0.29, 0.717) is 24.1 Å². The molecule has 0 spiro atoms. The van der Waals surface area contributed by atoms with Gasteiger partial charge in [0, 0.05) is 41.0 Å². The topological polar surface area (TPSA) is 104 Å². The molecule has 3 aromatic heterocycles. The summed E-state index contributed by atoms with van der Waals surface area (Å²) in [5, 5.41) is 22.9. The van der Waals surface area contributed by atoms with E-state index < -0.39 is 0 Å². The van der Waals surface area contributed by atoms with Crippen LogP contribution in [0.4, 0.5) is 5.95 Å². The number of nitrogens with one attached hydrogen (secondary N) is 3. The molecule has 2 aliphatic heterocycles. The molecule has 146 valence electrons. The van der Waals surface area contributed by atoms with Gasteiger partial charge < -0.3 is 10.6 Å². The Morgan fingerprint density at radius 2 is 1.86 bits per heavy atom. The summed E-state index contributed by atoms with van der Waals surface area (Å²) in [6.07, 6.45) is 10.3. The first-order chi connectivity index (χ1) is 14.3. The van der Waals surface area contributed by atoms with Crippen LogP contribution in [-0.2, 0) is 0 Å². The first-order valence-electron chi connectivity index (χ1n) is 9.91. The van der Waals surface area contributed by atoms with Crippen LogP contribution in [0.2, 0.25) is 0 Å². The van der Waals surface area contributed by atoms with E-state index in [1.165, 1.54) is 12.8 Å². The van der Waals surface area contributed by atoms with Crippen LogP contribution >= 0.6 is 11.3 Å². The van der Waals surface area contributed by atoms with Crippen LogP contribution in [0.1, 0.15) is 25.7 Å². The van der Waals surface area contributed by atoms with Gasteiger partial charge in [-0.1, -0.05) is 12.1 Å². The van der Waals surface area contributed by atoms with Crippen LogP contribution in [-0.4, -0.2) is 48.5 Å². The lowest BCUT2D eigenvalue weighted by molar-refractivity contribution is 0.377. The molecule has 2 bridgehead atoms. The predicted molar refractivity (Wildman–Crippen MR) is 113 cm³/mol. The summed E-state index contributed by atoms with van der Waals surface area (Å²) in [5.41, 5.74) is 6.64. The van der Waals surface area contributed by atoms with Crippen LogP contribution in [0.15, 0.2) is 36.2 Å². The highest BCUT2D eigenvalue weighted by Gasteiger charge is 2.33. The molecule has 2 saturated heterocycles. The Balaban J connectivity index is 1.27. The first kappa shape index (κ1) is 17.0. The van der Waals surface area contributed by atoms with Gasteiger partial charge in [0.15, 0.2) is 0 Å². The lowest BCUT2D eigenvalue weighted by Gasteiger charge is -2.29. The second-order valence-electron chi connectivity index (χ2n) is 7.80. The van der Waals surface area contributed by atoms with Gasteiger partial charge >= 0.3 is 0 Å². The third-order valence-electron chi connectivity index (χ3n) is 5.94. The molecule has 1 aromatic carbocycles. The van der Waals surface area contributed by atoms with Crippen LogP contribution in [0.25, 0.3) is 32.6 Å². The third kappa shape index (κ3) is 3.06. The molecule has 3 N–H and O–H groups in total. The Morgan fingerprint density at radius 1 is 1.00 bits per heavy atom. The number of H-pyrrole nitrogens is 1. The highest BCUT2D eigenvalue weighted by atomic mass is 32.1. The lowest BCUT2D eigenvalue weighted by Crippen LogP contribution is -2.43. The molecule has 0 radical (unpaired) electrons. The van der Waals surface area contributed by atoms with Gasteiger partial charge in [-0.2, -0.15) is 5.10 Å². The largest absolute Gasteiger partial charge is 0.350 e. The molecule has 4 aromatic rings. The average molecular weight is 405 g/mol. The molecule has 0 amide bonds. The SMILES string of the molecule is c1nc2c(-c3cn[nH]c3)ccc(-c3cnc(NC4C[C@H]5CC[C@@H](C4)N5)nn3)c2s1. The van der Waals surface area contributed by atoms with Crippen molar-refractivity contribution >= 4 is 27.5 Å². The maximum absolute atomic E-state index is 4.57. The average Bonchev–Trinajstić information content (AvgIpc) is 3.49. The fourth-order valence-electron chi connectivity index (χ4n) is 4.61. The van der Waals surface area contributed by atoms with Crippen molar-refractivity contribution in [3.8, 4) is 22.4 Å². The van der Waals surface area contributed by atoms with Crippen molar-refractivity contribution in [2.45, 2.75) is 43.8 Å². The second-order valence-corrected chi connectivity index (χ2v) is 8.65. The number of benzene rings is 1. The van der Waals surface area contributed by atoms with Crippen molar-refractivity contribution in [3.05, 3.63) is 36.2 Å². The van der Waals surface area contributed by atoms with E-state index >= 15 is 0 Å². The van der Waals surface area contributed by atoms with E-state index in [1.54, 1.807) is 17.5 Å². The van der Waals surface area contributed by atoms with E-state index in [4.69, 9.17) is 0 Å². The number of aromatic amines is 1. The van der Waals surface area contributed by atoms with Crippen molar-refractivity contribution < 1.29 is 0 Å². The molecule has 0 aliphatic carbocycles. The van der Waals surface area contributed by atoms with Gasteiger partial charge in [0.25, 0.3) is 0 Å². The Labute approximate surface area is 171 Å². The highest BCUT2D eigenvalue weighted by Crippen LogP contribution is 2.36. The Bertz CT molecular complexity index is 1130. The van der Waals surface area contributed by atoms with Crippen molar-refractivity contribution in [3.63, 3.8) is 0 Å². The van der Waals surface area contributed by atoms with E-state index in [9.17, 15) is 0 Å². The Hall–Kier alpha value is -2.91. The number of hydrogen-bond acceptors (Lipinski definition) is 8. The highest BCUT2D eigenvalue weighted by molar-refractivity contribution is 7.17. The van der Waals surface area contributed by atoms with Crippen LogP contribution in [0.5, 0.6) is 0 Å². The summed E-state index contributed by atoms with van der Waals surface area (Å²) in [7, 11) is 0. The van der Waals surface area contributed by atoms with Crippen LogP contribution < -0.4 is 10.6 Å². The number of hydrogen-bond donors (Lipinski definition) is 3. The van der Waals surface area contributed by atoms with Crippen LogP contribution in [0.3, 0.4) is 0 Å². The summed E-state index contributed by atoms with van der Waals surface area (Å²) in [5.74, 6) is 0.607. The van der Waals surface area contributed by atoms with E-state index in [-0.39, 0.29) is 0 Å². The minimum absolute atomic E-state index is 0.420. The fraction of sp³-hybridized carbons (Fsp3) is 0.350. The molecular weight excluding hydrogens is 384 g/mol. The number of thiazole rings is 1. The third-order valence-corrected chi connectivity index (χ3v) is 6.80.